The Morgan fingerprint density at radius 3 is 2.32 bits per heavy atom. The third kappa shape index (κ3) is 14.0. The molecule has 1 aliphatic carbocycles. The number of nitrogens with zero attached hydrogens (tertiary/aromatic N) is 8. The Labute approximate surface area is 522 Å². The summed E-state index contributed by atoms with van der Waals surface area (Å²) in [5.41, 5.74) is 8.94. The van der Waals surface area contributed by atoms with Crippen LogP contribution < -0.4 is 25.6 Å². The molecular formula is C65H78N12O8S3. The highest BCUT2D eigenvalue weighted by Gasteiger charge is 2.45. The third-order valence-corrected chi connectivity index (χ3v) is 21.1. The molecule has 7 aromatic rings. The standard InChI is InChI=1S/C65H78N12O8S3/c1-39(43-19-21-45(22-20-43)57-40(2)66-38-86-57)68-61(81)53-33-47(78)36-76(53)63(83)58(65(4,5)6)71-59(79)46-25-28-74(29-26-46)31-32-88(84,85)73-62(82)56-48(50-34-67-77(41(50)3)35-42-13-8-7-9-14-42)23-24-55(70-56)75-30-27-44-15-12-16-49(51(44)37-75)60(80)72-64-69-52-17-10-11-18-54(52)87-64/h10-12,15-24,34,38-39,42,46-47,53,58,78H,7-9,13-14,25-33,35-37H2,1-6H3,(H,68,81)(H,71,79)(H,73,82)(H,69,72,80)/t39-,47+,53-,58+/m0/s1. The van der Waals surface area contributed by atoms with E-state index in [0.717, 1.165) is 68.1 Å². The van der Waals surface area contributed by atoms with E-state index in [0.29, 0.717) is 79.0 Å². The topological polar surface area (TPSA) is 254 Å². The molecule has 88 heavy (non-hydrogen) atoms. The number of likely N-dealkylation sites (tertiary alicyclic amines) is 2. The van der Waals surface area contributed by atoms with E-state index in [1.54, 1.807) is 29.7 Å². The number of anilines is 2. The molecule has 0 bridgehead atoms. The first-order valence-corrected chi connectivity index (χ1v) is 33.9. The largest absolute Gasteiger partial charge is 0.391 e. The zero-order valence-electron chi connectivity index (χ0n) is 50.8. The number of nitrogens with one attached hydrogen (secondary N) is 4. The van der Waals surface area contributed by atoms with Crippen molar-refractivity contribution in [3.8, 4) is 21.6 Å². The van der Waals surface area contributed by atoms with E-state index in [-0.39, 0.29) is 43.1 Å². The minimum absolute atomic E-state index is 0.0563. The predicted octanol–water partition coefficient (Wildman–Crippen LogP) is 8.83. The number of aryl methyl sites for hydroxylation is 1. The van der Waals surface area contributed by atoms with Gasteiger partial charge >= 0.3 is 0 Å². The molecule has 11 rings (SSSR count). The van der Waals surface area contributed by atoms with E-state index < -0.39 is 63.0 Å². The van der Waals surface area contributed by atoms with Crippen LogP contribution in [0.4, 0.5) is 10.9 Å². The summed E-state index contributed by atoms with van der Waals surface area (Å²) >= 11 is 2.96. The van der Waals surface area contributed by atoms with E-state index >= 15 is 0 Å². The quantitative estimate of drug-likeness (QED) is 0.0538. The fraction of sp³-hybridized carbons (Fsp3) is 0.462. The first-order valence-electron chi connectivity index (χ1n) is 30.6. The molecule has 4 aliphatic rings. The molecule has 0 spiro atoms. The van der Waals surface area contributed by atoms with Crippen molar-refractivity contribution < 1.29 is 37.5 Å². The Morgan fingerprint density at radius 1 is 0.830 bits per heavy atom. The highest BCUT2D eigenvalue weighted by atomic mass is 32.2. The zero-order valence-corrected chi connectivity index (χ0v) is 53.2. The summed E-state index contributed by atoms with van der Waals surface area (Å²) in [7, 11) is -4.24. The van der Waals surface area contributed by atoms with Gasteiger partial charge in [0.05, 0.1) is 50.4 Å². The van der Waals surface area contributed by atoms with Gasteiger partial charge in [0.15, 0.2) is 5.13 Å². The number of sulfonamides is 1. The maximum absolute atomic E-state index is 14.6. The fourth-order valence-corrected chi connectivity index (χ4v) is 15.4. The number of rotatable bonds is 18. The van der Waals surface area contributed by atoms with Gasteiger partial charge in [0.25, 0.3) is 11.8 Å². The van der Waals surface area contributed by atoms with Crippen LogP contribution in [-0.4, -0.2) is 134 Å². The number of carbonyl (C=O) groups excluding carboxylic acids is 5. The van der Waals surface area contributed by atoms with Crippen LogP contribution in [-0.2, 0) is 43.9 Å². The molecule has 3 aliphatic heterocycles. The maximum atomic E-state index is 14.6. The second-order valence-electron chi connectivity index (χ2n) is 25.1. The van der Waals surface area contributed by atoms with Crippen molar-refractivity contribution in [2.75, 3.05) is 48.7 Å². The minimum atomic E-state index is -4.24. The van der Waals surface area contributed by atoms with Crippen molar-refractivity contribution in [2.45, 2.75) is 137 Å². The molecule has 0 radical (unpaired) electrons. The second kappa shape index (κ2) is 26.3. The number of aromatic nitrogens is 5. The summed E-state index contributed by atoms with van der Waals surface area (Å²) in [6.07, 6.45) is 8.07. The van der Waals surface area contributed by atoms with Crippen molar-refractivity contribution in [3.05, 3.63) is 130 Å². The highest BCUT2D eigenvalue weighted by Crippen LogP contribution is 2.35. The number of hydrogen-bond acceptors (Lipinski definition) is 16. The summed E-state index contributed by atoms with van der Waals surface area (Å²) in [4.78, 5) is 91.4. The predicted molar refractivity (Wildman–Crippen MR) is 342 cm³/mol. The molecule has 3 aromatic carbocycles. The number of aliphatic hydroxyl groups excluding tert-OH is 1. The second-order valence-corrected chi connectivity index (χ2v) is 28.9. The molecule has 5 N–H and O–H groups in total. The molecule has 4 atom stereocenters. The van der Waals surface area contributed by atoms with Gasteiger partial charge in [-0.3, -0.25) is 34.0 Å². The van der Waals surface area contributed by atoms with E-state index in [9.17, 15) is 37.5 Å². The fourth-order valence-electron chi connectivity index (χ4n) is 12.8. The minimum Gasteiger partial charge on any atom is -0.391 e. The Hall–Kier alpha value is -7.44. The van der Waals surface area contributed by atoms with Crippen LogP contribution in [0.2, 0.25) is 0 Å². The summed E-state index contributed by atoms with van der Waals surface area (Å²) in [5, 5.41) is 25.2. The highest BCUT2D eigenvalue weighted by molar-refractivity contribution is 7.90. The van der Waals surface area contributed by atoms with Gasteiger partial charge in [-0.25, -0.2) is 28.1 Å². The maximum Gasteiger partial charge on any atom is 0.284 e. The van der Waals surface area contributed by atoms with E-state index in [1.165, 1.54) is 35.5 Å². The zero-order chi connectivity index (χ0) is 62.0. The number of fused-ring (bicyclic) bond motifs is 2. The molecule has 2 saturated heterocycles. The number of aliphatic hydroxyl groups is 1. The average molecular weight is 1250 g/mol. The Bertz CT molecular complexity index is 3810. The number of benzene rings is 3. The van der Waals surface area contributed by atoms with Crippen LogP contribution in [0.15, 0.2) is 90.6 Å². The van der Waals surface area contributed by atoms with Crippen molar-refractivity contribution in [2.24, 2.45) is 17.3 Å². The smallest absolute Gasteiger partial charge is 0.284 e. The SMILES string of the molecule is Cc1ncsc1-c1ccc([C@H](C)NC(=O)[C@@H]2C[C@@H](O)CN2C(=O)[C@@H](NC(=O)C2CCN(CCS(=O)(=O)NC(=O)c3nc(N4CCc5cccc(C(=O)Nc6nc7ccccc7s6)c5C4)ccc3-c3cnn(CC4CCCCC4)c3C)CC2)C(C)(C)C)cc1. The number of piperidine rings is 1. The number of carbonyl (C=O) groups is 5. The lowest BCUT2D eigenvalue weighted by Gasteiger charge is -2.37. The van der Waals surface area contributed by atoms with Gasteiger partial charge < -0.3 is 30.4 Å². The molecular weight excluding hydrogens is 1170 g/mol. The van der Waals surface area contributed by atoms with Crippen LogP contribution in [0.3, 0.4) is 0 Å². The lowest BCUT2D eigenvalue weighted by molar-refractivity contribution is -0.145. The lowest BCUT2D eigenvalue weighted by Crippen LogP contribution is -2.59. The van der Waals surface area contributed by atoms with Gasteiger partial charge in [-0.05, 0) is 130 Å². The number of thiazole rings is 2. The van der Waals surface area contributed by atoms with Crippen molar-refractivity contribution >= 4 is 83.4 Å². The summed E-state index contributed by atoms with van der Waals surface area (Å²) in [6.45, 7) is 13.7. The van der Waals surface area contributed by atoms with Gasteiger partial charge in [-0.2, -0.15) is 5.10 Å². The summed E-state index contributed by atoms with van der Waals surface area (Å²) < 4.78 is 33.3. The number of hydrogen-bond donors (Lipinski definition) is 5. The van der Waals surface area contributed by atoms with Gasteiger partial charge in [-0.1, -0.05) is 99.9 Å². The van der Waals surface area contributed by atoms with Crippen LogP contribution in [0, 0.1) is 31.1 Å². The first-order chi connectivity index (χ1) is 42.2. The molecule has 20 nitrogen and oxygen atoms in total. The van der Waals surface area contributed by atoms with Crippen molar-refractivity contribution in [1.29, 1.82) is 0 Å². The molecule has 464 valence electrons. The van der Waals surface area contributed by atoms with E-state index in [2.05, 4.69) is 30.6 Å². The number of pyridine rings is 1. The van der Waals surface area contributed by atoms with Gasteiger partial charge in [0.1, 0.15) is 23.6 Å². The van der Waals surface area contributed by atoms with Gasteiger partial charge in [-0.15, -0.1) is 11.3 Å². The Morgan fingerprint density at radius 2 is 1.59 bits per heavy atom. The lowest BCUT2D eigenvalue weighted by atomic mass is 9.84. The van der Waals surface area contributed by atoms with Gasteiger partial charge in [0, 0.05) is 67.4 Å². The first kappa shape index (κ1) is 62.2. The molecule has 23 heteroatoms. The van der Waals surface area contributed by atoms with Gasteiger partial charge in [0.2, 0.25) is 27.7 Å². The van der Waals surface area contributed by atoms with Crippen molar-refractivity contribution in [1.82, 2.24) is 49.9 Å². The monoisotopic (exact) mass is 1250 g/mol. The summed E-state index contributed by atoms with van der Waals surface area (Å²) in [6, 6.07) is 22.6. The normalized spacial score (nSPS) is 18.6. The van der Waals surface area contributed by atoms with Crippen LogP contribution in [0.5, 0.6) is 0 Å². The molecule has 5 amide bonds. The Balaban J connectivity index is 0.727. The number of para-hydroxylation sites is 1. The number of amides is 5. The van der Waals surface area contributed by atoms with Crippen molar-refractivity contribution in [3.63, 3.8) is 0 Å². The molecule has 0 unspecified atom stereocenters. The number of β-amino-alcohol motifs (C(OH)–C–C–N with tert-alkyl or cyclic N) is 1. The molecule has 7 heterocycles. The Kier molecular flexibility index (Phi) is 18.6. The van der Waals surface area contributed by atoms with E-state index in [4.69, 9.17) is 10.1 Å². The average Bonchev–Trinajstić information content (AvgIpc) is 2.18. The van der Waals surface area contributed by atoms with Crippen LogP contribution in [0.1, 0.15) is 134 Å². The molecule has 1 saturated carbocycles. The molecule has 4 aromatic heterocycles. The molecule has 3 fully saturated rings. The van der Waals surface area contributed by atoms with Crippen LogP contribution in [0.25, 0.3) is 31.8 Å². The van der Waals surface area contributed by atoms with Crippen LogP contribution >= 0.6 is 22.7 Å². The van der Waals surface area contributed by atoms with E-state index in [1.807, 2.05) is 128 Å². The summed E-state index contributed by atoms with van der Waals surface area (Å²) in [5.74, 6) is -2.28. The third-order valence-electron chi connectivity index (χ3n) is 17.9.